The molecule has 2 atom stereocenters. The van der Waals surface area contributed by atoms with Crippen molar-refractivity contribution in [1.29, 1.82) is 0 Å². The first-order valence-corrected chi connectivity index (χ1v) is 6.23. The summed E-state index contributed by atoms with van der Waals surface area (Å²) in [5, 5.41) is 13.7. The molecule has 0 aromatic heterocycles. The number of amides is 2. The molecule has 0 aliphatic heterocycles. The van der Waals surface area contributed by atoms with Crippen molar-refractivity contribution in [2.24, 2.45) is 5.92 Å². The van der Waals surface area contributed by atoms with Crippen molar-refractivity contribution in [3.8, 4) is 0 Å². The number of benzene rings is 1. The highest BCUT2D eigenvalue weighted by atomic mass is 19.1. The third-order valence-corrected chi connectivity index (χ3v) is 3.33. The number of urea groups is 1. The number of anilines is 1. The molecule has 0 heterocycles. The van der Waals surface area contributed by atoms with Crippen LogP contribution >= 0.6 is 0 Å². The highest BCUT2D eigenvalue weighted by Gasteiger charge is 2.33. The number of carbonyl (C=O) groups is 2. The van der Waals surface area contributed by atoms with Crippen molar-refractivity contribution in [1.82, 2.24) is 5.32 Å². The van der Waals surface area contributed by atoms with Crippen LogP contribution in [0.2, 0.25) is 0 Å². The first-order valence-electron chi connectivity index (χ1n) is 6.23. The van der Waals surface area contributed by atoms with Crippen LogP contribution in [0, 0.1) is 17.6 Å². The Bertz CT molecular complexity index is 536. The highest BCUT2D eigenvalue weighted by molar-refractivity contribution is 5.90. The van der Waals surface area contributed by atoms with Gasteiger partial charge in [0.25, 0.3) is 0 Å². The minimum Gasteiger partial charge on any atom is -0.481 e. The Labute approximate surface area is 114 Å². The van der Waals surface area contributed by atoms with E-state index in [0.717, 1.165) is 18.2 Å². The van der Waals surface area contributed by atoms with Gasteiger partial charge in [-0.2, -0.15) is 0 Å². The lowest BCUT2D eigenvalue weighted by Crippen LogP contribution is -2.42. The molecule has 0 spiro atoms. The summed E-state index contributed by atoms with van der Waals surface area (Å²) in [4.78, 5) is 22.7. The van der Waals surface area contributed by atoms with Crippen LogP contribution in [-0.4, -0.2) is 23.1 Å². The summed E-state index contributed by atoms with van der Waals surface area (Å²) in [6.45, 7) is 0. The van der Waals surface area contributed by atoms with E-state index in [1.807, 2.05) is 0 Å². The van der Waals surface area contributed by atoms with Crippen molar-refractivity contribution in [3.63, 3.8) is 0 Å². The first-order chi connectivity index (χ1) is 9.47. The van der Waals surface area contributed by atoms with Crippen LogP contribution in [0.1, 0.15) is 19.3 Å². The van der Waals surface area contributed by atoms with Crippen LogP contribution in [0.15, 0.2) is 18.2 Å². The van der Waals surface area contributed by atoms with Crippen LogP contribution in [0.25, 0.3) is 0 Å². The molecular weight excluding hydrogens is 270 g/mol. The van der Waals surface area contributed by atoms with Gasteiger partial charge in [0.15, 0.2) is 0 Å². The molecule has 1 fully saturated rings. The predicted molar refractivity (Wildman–Crippen MR) is 67.3 cm³/mol. The Morgan fingerprint density at radius 1 is 1.25 bits per heavy atom. The summed E-state index contributed by atoms with van der Waals surface area (Å²) in [5.41, 5.74) is -0.285. The van der Waals surface area contributed by atoms with E-state index in [0.29, 0.717) is 19.3 Å². The Morgan fingerprint density at radius 3 is 2.70 bits per heavy atom. The fourth-order valence-corrected chi connectivity index (χ4v) is 2.35. The molecule has 5 nitrogen and oxygen atoms in total. The lowest BCUT2D eigenvalue weighted by Gasteiger charge is -2.18. The van der Waals surface area contributed by atoms with Gasteiger partial charge in [0.2, 0.25) is 0 Å². The van der Waals surface area contributed by atoms with Gasteiger partial charge in [-0.1, -0.05) is 6.42 Å². The van der Waals surface area contributed by atoms with Gasteiger partial charge in [0, 0.05) is 12.1 Å². The number of nitrogens with one attached hydrogen (secondary N) is 2. The van der Waals surface area contributed by atoms with Crippen molar-refractivity contribution >= 4 is 17.7 Å². The van der Waals surface area contributed by atoms with Crippen LogP contribution < -0.4 is 10.6 Å². The summed E-state index contributed by atoms with van der Waals surface area (Å²) in [6, 6.07) is 1.46. The van der Waals surface area contributed by atoms with E-state index in [-0.39, 0.29) is 5.69 Å². The van der Waals surface area contributed by atoms with E-state index in [4.69, 9.17) is 5.11 Å². The normalized spacial score (nSPS) is 21.5. The van der Waals surface area contributed by atoms with Crippen molar-refractivity contribution in [2.45, 2.75) is 25.3 Å². The number of hydrogen-bond acceptors (Lipinski definition) is 2. The van der Waals surface area contributed by atoms with Gasteiger partial charge >= 0.3 is 12.0 Å². The molecule has 0 bridgehead atoms. The molecule has 1 aliphatic rings. The van der Waals surface area contributed by atoms with Crippen LogP contribution in [-0.2, 0) is 4.79 Å². The molecule has 1 aliphatic carbocycles. The summed E-state index contributed by atoms with van der Waals surface area (Å²) in [7, 11) is 0. The lowest BCUT2D eigenvalue weighted by molar-refractivity contribution is -0.142. The number of carboxylic acids is 1. The van der Waals surface area contributed by atoms with E-state index in [1.54, 1.807) is 0 Å². The topological polar surface area (TPSA) is 78.4 Å². The van der Waals surface area contributed by atoms with Crippen LogP contribution in [0.3, 0.4) is 0 Å². The Hall–Kier alpha value is -2.18. The SMILES string of the molecule is O=C(Nc1cc(F)ccc1F)NC1CCCC1C(=O)O. The summed E-state index contributed by atoms with van der Waals surface area (Å²) in [5.74, 6) is -3.04. The van der Waals surface area contributed by atoms with Crippen molar-refractivity contribution in [3.05, 3.63) is 29.8 Å². The molecule has 20 heavy (non-hydrogen) atoms. The zero-order valence-electron chi connectivity index (χ0n) is 10.5. The quantitative estimate of drug-likeness (QED) is 0.797. The van der Waals surface area contributed by atoms with Crippen molar-refractivity contribution in [2.75, 3.05) is 5.32 Å². The second-order valence-electron chi connectivity index (χ2n) is 4.70. The Morgan fingerprint density at radius 2 is 2.00 bits per heavy atom. The first kappa shape index (κ1) is 14.2. The maximum absolute atomic E-state index is 13.3. The average Bonchev–Trinajstić information content (AvgIpc) is 2.82. The molecule has 7 heteroatoms. The number of halogens is 2. The molecule has 1 saturated carbocycles. The fraction of sp³-hybridized carbons (Fsp3) is 0.385. The number of aliphatic carboxylic acids is 1. The van der Waals surface area contributed by atoms with Crippen LogP contribution in [0.5, 0.6) is 0 Å². The maximum atomic E-state index is 13.3. The number of carbonyl (C=O) groups excluding carboxylic acids is 1. The van der Waals surface area contributed by atoms with Gasteiger partial charge in [-0.15, -0.1) is 0 Å². The predicted octanol–water partition coefficient (Wildman–Crippen LogP) is 2.34. The average molecular weight is 284 g/mol. The third-order valence-electron chi connectivity index (χ3n) is 3.33. The molecule has 2 unspecified atom stereocenters. The second-order valence-corrected chi connectivity index (χ2v) is 4.70. The smallest absolute Gasteiger partial charge is 0.319 e. The zero-order valence-corrected chi connectivity index (χ0v) is 10.5. The Kier molecular flexibility index (Phi) is 4.16. The minimum atomic E-state index is -0.968. The van der Waals surface area contributed by atoms with Gasteiger partial charge in [0.05, 0.1) is 11.6 Å². The maximum Gasteiger partial charge on any atom is 0.319 e. The van der Waals surface area contributed by atoms with E-state index < -0.39 is 35.6 Å². The highest BCUT2D eigenvalue weighted by Crippen LogP contribution is 2.26. The summed E-state index contributed by atoms with van der Waals surface area (Å²) < 4.78 is 26.3. The number of carboxylic acid groups (broad SMARTS) is 1. The second kappa shape index (κ2) is 5.85. The van der Waals surface area contributed by atoms with Crippen molar-refractivity contribution < 1.29 is 23.5 Å². The van der Waals surface area contributed by atoms with Gasteiger partial charge < -0.3 is 15.7 Å². The summed E-state index contributed by atoms with van der Waals surface area (Å²) >= 11 is 0. The molecule has 0 saturated heterocycles. The van der Waals surface area contributed by atoms with Crippen LogP contribution in [0.4, 0.5) is 19.3 Å². The monoisotopic (exact) mass is 284 g/mol. The molecule has 0 radical (unpaired) electrons. The van der Waals surface area contributed by atoms with E-state index in [1.165, 1.54) is 0 Å². The van der Waals surface area contributed by atoms with Gasteiger partial charge in [-0.05, 0) is 25.0 Å². The molecule has 2 amide bonds. The van der Waals surface area contributed by atoms with E-state index >= 15 is 0 Å². The molecule has 1 aromatic carbocycles. The minimum absolute atomic E-state index is 0.285. The molecule has 108 valence electrons. The van der Waals surface area contributed by atoms with Gasteiger partial charge in [-0.3, -0.25) is 4.79 Å². The standard InChI is InChI=1S/C13H14F2N2O3/c14-7-4-5-9(15)11(6-7)17-13(20)16-10-3-1-2-8(10)12(18)19/h4-6,8,10H,1-3H2,(H,18,19)(H2,16,17,20). The Balaban J connectivity index is 1.99. The largest absolute Gasteiger partial charge is 0.481 e. The molecule has 1 aromatic rings. The molecule has 2 rings (SSSR count). The fourth-order valence-electron chi connectivity index (χ4n) is 2.35. The van der Waals surface area contributed by atoms with Gasteiger partial charge in [-0.25, -0.2) is 13.6 Å². The van der Waals surface area contributed by atoms with Gasteiger partial charge in [0.1, 0.15) is 11.6 Å². The van der Waals surface area contributed by atoms with E-state index in [9.17, 15) is 18.4 Å². The van der Waals surface area contributed by atoms with E-state index in [2.05, 4.69) is 10.6 Å². The molecular formula is C13H14F2N2O3. The number of rotatable bonds is 3. The third kappa shape index (κ3) is 3.23. The summed E-state index contributed by atoms with van der Waals surface area (Å²) in [6.07, 6.45) is 1.75. The molecule has 3 N–H and O–H groups in total. The number of hydrogen-bond donors (Lipinski definition) is 3. The zero-order chi connectivity index (χ0) is 14.7. The lowest BCUT2D eigenvalue weighted by atomic mass is 10.0.